The zero-order chi connectivity index (χ0) is 22.0. The number of carbonyl (C=O) groups is 1. The lowest BCUT2D eigenvalue weighted by atomic mass is 10.9. The van der Waals surface area contributed by atoms with Crippen molar-refractivity contribution >= 4 is 134 Å². The Morgan fingerprint density at radius 1 is 0.700 bits per heavy atom. The molecule has 180 valence electrons. The Bertz CT molecular complexity index is 359. The topological polar surface area (TPSA) is 55.8 Å². The van der Waals surface area contributed by atoms with E-state index in [1.807, 2.05) is 82.3 Å². The van der Waals surface area contributed by atoms with Crippen LogP contribution in [-0.4, -0.2) is 87.1 Å². The summed E-state index contributed by atoms with van der Waals surface area (Å²) in [6.45, 7) is 0.593. The molecule has 0 bridgehead atoms. The standard InChI is InChI=1S/C15H30O4S11/c1-20-7-25-11-28-13-29-14-30-15(17)4-22-9-27-12-26-8-21-3-2-18-19-6-24-10-23-5-16/h16H,2-14H2,1H3. The zero-order valence-corrected chi connectivity index (χ0v) is 25.8. The molecule has 30 heavy (non-hydrogen) atoms. The van der Waals surface area contributed by atoms with Crippen LogP contribution in [0.2, 0.25) is 0 Å². The summed E-state index contributed by atoms with van der Waals surface area (Å²) in [4.78, 5) is 21.9. The van der Waals surface area contributed by atoms with Crippen molar-refractivity contribution in [2.75, 3.05) is 76.9 Å². The number of hydrogen-bond donors (Lipinski definition) is 1. The van der Waals surface area contributed by atoms with Gasteiger partial charge in [0.2, 0.25) is 0 Å². The first kappa shape index (κ1) is 33.4. The zero-order valence-electron chi connectivity index (χ0n) is 16.9. The monoisotopic (exact) mass is 626 g/mol. The van der Waals surface area contributed by atoms with Crippen molar-refractivity contribution in [1.82, 2.24) is 0 Å². The van der Waals surface area contributed by atoms with Crippen LogP contribution >= 0.6 is 129 Å². The molecule has 0 radical (unpaired) electrons. The van der Waals surface area contributed by atoms with E-state index in [0.29, 0.717) is 23.4 Å². The van der Waals surface area contributed by atoms with Crippen LogP contribution in [0.25, 0.3) is 0 Å². The number of aliphatic hydroxyl groups excluding tert-OH is 1. The summed E-state index contributed by atoms with van der Waals surface area (Å²) in [6, 6.07) is 0. The molecule has 0 aromatic heterocycles. The predicted octanol–water partition coefficient (Wildman–Crippen LogP) is 6.72. The van der Waals surface area contributed by atoms with E-state index < -0.39 is 0 Å². The number of aliphatic hydroxyl groups is 1. The van der Waals surface area contributed by atoms with Crippen LogP contribution in [0.1, 0.15) is 0 Å². The van der Waals surface area contributed by atoms with Crippen molar-refractivity contribution in [3.8, 4) is 0 Å². The lowest BCUT2D eigenvalue weighted by Crippen LogP contribution is -1.99. The highest BCUT2D eigenvalue weighted by atomic mass is 32.3. The quantitative estimate of drug-likeness (QED) is 0.0504. The molecule has 0 aliphatic rings. The van der Waals surface area contributed by atoms with Gasteiger partial charge in [-0.05, 0) is 6.26 Å². The van der Waals surface area contributed by atoms with Crippen LogP contribution in [-0.2, 0) is 14.6 Å². The number of carbonyl (C=O) groups excluding carboxylic acids is 1. The summed E-state index contributed by atoms with van der Waals surface area (Å²) in [5.74, 6) is 2.18. The molecule has 1 N–H and O–H groups in total. The minimum Gasteiger partial charge on any atom is -0.386 e. The van der Waals surface area contributed by atoms with Crippen LogP contribution in [0.4, 0.5) is 0 Å². The first-order chi connectivity index (χ1) is 14.8. The van der Waals surface area contributed by atoms with Gasteiger partial charge in [-0.1, -0.05) is 11.8 Å². The minimum atomic E-state index is 0.146. The van der Waals surface area contributed by atoms with Gasteiger partial charge in [0.1, 0.15) is 5.94 Å². The Morgan fingerprint density at radius 3 is 2.00 bits per heavy atom. The Hall–Kier alpha value is 3.40. The molecule has 0 unspecified atom stereocenters. The average Bonchev–Trinajstić information content (AvgIpc) is 2.75. The van der Waals surface area contributed by atoms with E-state index in [4.69, 9.17) is 14.9 Å². The van der Waals surface area contributed by atoms with E-state index in [9.17, 15) is 4.79 Å². The maximum atomic E-state index is 11.8. The predicted molar refractivity (Wildman–Crippen MR) is 162 cm³/mol. The molecule has 0 atom stereocenters. The van der Waals surface area contributed by atoms with E-state index in [1.54, 1.807) is 23.5 Å². The summed E-state index contributed by atoms with van der Waals surface area (Å²) in [5.41, 5.74) is 0. The molecule has 0 rings (SSSR count). The molecular formula is C15H30O4S11. The molecule has 4 nitrogen and oxygen atoms in total. The van der Waals surface area contributed by atoms with E-state index in [0.717, 1.165) is 46.4 Å². The van der Waals surface area contributed by atoms with Crippen molar-refractivity contribution in [3.63, 3.8) is 0 Å². The fourth-order valence-corrected chi connectivity index (χ4v) is 12.5. The molecule has 0 aliphatic carbocycles. The third kappa shape index (κ3) is 29.4. The molecule has 0 aromatic carbocycles. The summed E-state index contributed by atoms with van der Waals surface area (Å²) in [6.07, 6.45) is 2.13. The Morgan fingerprint density at radius 2 is 1.30 bits per heavy atom. The second kappa shape index (κ2) is 30.4. The van der Waals surface area contributed by atoms with Gasteiger partial charge in [-0.25, -0.2) is 9.78 Å². The maximum absolute atomic E-state index is 11.8. The van der Waals surface area contributed by atoms with Gasteiger partial charge in [0.15, 0.2) is 5.12 Å². The molecular weight excluding hydrogens is 597 g/mol. The van der Waals surface area contributed by atoms with Gasteiger partial charge in [-0.2, -0.15) is 11.8 Å². The molecule has 0 fully saturated rings. The molecule has 15 heteroatoms. The Kier molecular flexibility index (Phi) is 33.9. The summed E-state index contributed by atoms with van der Waals surface area (Å²) >= 11 is 19.4. The molecule has 0 saturated carbocycles. The van der Waals surface area contributed by atoms with Crippen molar-refractivity contribution in [2.24, 2.45) is 0 Å². The normalized spacial score (nSPS) is 11.3. The van der Waals surface area contributed by atoms with Crippen LogP contribution in [0.3, 0.4) is 0 Å². The highest BCUT2D eigenvalue weighted by Gasteiger charge is 2.03. The van der Waals surface area contributed by atoms with Crippen LogP contribution in [0.5, 0.6) is 0 Å². The van der Waals surface area contributed by atoms with E-state index >= 15 is 0 Å². The number of hydrogen-bond acceptors (Lipinski definition) is 15. The molecule has 0 aliphatic heterocycles. The lowest BCUT2D eigenvalue weighted by molar-refractivity contribution is -0.274. The molecule has 0 amide bonds. The third-order valence-corrected chi connectivity index (χ3v) is 15.1. The van der Waals surface area contributed by atoms with Gasteiger partial charge in [0.25, 0.3) is 0 Å². The average molecular weight is 627 g/mol. The van der Waals surface area contributed by atoms with Gasteiger partial charge in [0.05, 0.1) is 18.3 Å². The van der Waals surface area contributed by atoms with Crippen molar-refractivity contribution in [3.05, 3.63) is 0 Å². The van der Waals surface area contributed by atoms with Crippen molar-refractivity contribution in [1.29, 1.82) is 0 Å². The van der Waals surface area contributed by atoms with Crippen LogP contribution in [0.15, 0.2) is 0 Å². The number of rotatable bonds is 25. The largest absolute Gasteiger partial charge is 0.386 e. The second-order valence-electron chi connectivity index (χ2n) is 4.62. The Labute approximate surface area is 228 Å². The van der Waals surface area contributed by atoms with E-state index in [2.05, 4.69) is 6.26 Å². The molecule has 0 saturated heterocycles. The van der Waals surface area contributed by atoms with E-state index in [1.165, 1.54) is 23.5 Å². The third-order valence-electron chi connectivity index (χ3n) is 2.34. The smallest absolute Gasteiger partial charge is 0.199 e. The molecule has 0 aromatic rings. The summed E-state index contributed by atoms with van der Waals surface area (Å²) in [5, 5.41) is 17.0. The Balaban J connectivity index is 3.12. The van der Waals surface area contributed by atoms with Crippen molar-refractivity contribution in [2.45, 2.75) is 0 Å². The lowest BCUT2D eigenvalue weighted by Gasteiger charge is -2.04. The fourth-order valence-electron chi connectivity index (χ4n) is 1.23. The summed E-state index contributed by atoms with van der Waals surface area (Å²) < 4.78 is 0. The van der Waals surface area contributed by atoms with Gasteiger partial charge >= 0.3 is 0 Å². The van der Waals surface area contributed by atoms with Crippen molar-refractivity contribution < 1.29 is 19.7 Å². The van der Waals surface area contributed by atoms with Crippen LogP contribution < -0.4 is 0 Å². The minimum absolute atomic E-state index is 0.146. The second-order valence-corrected chi connectivity index (χ2v) is 18.3. The van der Waals surface area contributed by atoms with Gasteiger partial charge in [-0.15, -0.1) is 106 Å². The van der Waals surface area contributed by atoms with Crippen LogP contribution in [0, 0.1) is 0 Å². The highest BCUT2D eigenvalue weighted by molar-refractivity contribution is 8.30. The van der Waals surface area contributed by atoms with Gasteiger partial charge < -0.3 is 5.11 Å². The first-order valence-corrected chi connectivity index (χ1v) is 21.3. The fraction of sp³-hybridized carbons (Fsp3) is 0.933. The molecule has 0 heterocycles. The SMILES string of the molecule is CSCSCSCSCSC(=O)CSCSCSCSCCOOCSCSCO. The number of thioether (sulfide) groups is 11. The maximum Gasteiger partial charge on any atom is 0.199 e. The first-order valence-electron chi connectivity index (χ1n) is 8.50. The molecule has 0 spiro atoms. The van der Waals surface area contributed by atoms with E-state index in [-0.39, 0.29) is 5.94 Å². The highest BCUT2D eigenvalue weighted by Crippen LogP contribution is 2.25. The summed E-state index contributed by atoms with van der Waals surface area (Å²) in [7, 11) is 0. The van der Waals surface area contributed by atoms with Gasteiger partial charge in [0, 0.05) is 46.4 Å². The van der Waals surface area contributed by atoms with Gasteiger partial charge in [-0.3, -0.25) is 4.79 Å².